The van der Waals surface area contributed by atoms with Crippen molar-refractivity contribution in [3.05, 3.63) is 71.8 Å². The smallest absolute Gasteiger partial charge is 0.232 e. The van der Waals surface area contributed by atoms with Crippen molar-refractivity contribution in [3.63, 3.8) is 0 Å². The zero-order valence-corrected chi connectivity index (χ0v) is 14.7. The number of carbonyl (C=O) groups is 1. The molecule has 0 aliphatic heterocycles. The Balaban J connectivity index is 2.17. The van der Waals surface area contributed by atoms with Gasteiger partial charge in [0, 0.05) is 6.54 Å². The van der Waals surface area contributed by atoms with Crippen LogP contribution >= 0.6 is 0 Å². The van der Waals surface area contributed by atoms with Gasteiger partial charge in [0.05, 0.1) is 12.0 Å². The molecule has 3 heteroatoms. The second kappa shape index (κ2) is 8.11. The van der Waals surface area contributed by atoms with Crippen LogP contribution < -0.4 is 5.32 Å². The van der Waals surface area contributed by atoms with E-state index in [0.29, 0.717) is 13.0 Å². The first-order valence-electron chi connectivity index (χ1n) is 8.45. The van der Waals surface area contributed by atoms with Crippen LogP contribution in [0.1, 0.15) is 44.2 Å². The van der Waals surface area contributed by atoms with Crippen LogP contribution in [-0.4, -0.2) is 23.7 Å². The number of benzene rings is 2. The Kier molecular flexibility index (Phi) is 6.16. The van der Waals surface area contributed by atoms with Crippen molar-refractivity contribution in [2.24, 2.45) is 5.41 Å². The Hall–Kier alpha value is -2.13. The molecule has 0 aliphatic carbocycles. The van der Waals surface area contributed by atoms with E-state index in [0.717, 1.165) is 11.1 Å². The lowest BCUT2D eigenvalue weighted by molar-refractivity contribution is -0.122. The summed E-state index contributed by atoms with van der Waals surface area (Å²) in [5.74, 6) is -0.333. The maximum absolute atomic E-state index is 12.9. The number of amides is 1. The molecule has 0 bridgehead atoms. The largest absolute Gasteiger partial charge is 0.393 e. The topological polar surface area (TPSA) is 49.3 Å². The first kappa shape index (κ1) is 18.2. The molecular formula is C21H27NO2. The minimum atomic E-state index is -0.379. The van der Waals surface area contributed by atoms with Crippen molar-refractivity contribution in [1.82, 2.24) is 5.32 Å². The molecule has 2 N–H and O–H groups in total. The average Bonchev–Trinajstić information content (AvgIpc) is 2.54. The van der Waals surface area contributed by atoms with Gasteiger partial charge in [0.1, 0.15) is 0 Å². The molecule has 0 saturated carbocycles. The summed E-state index contributed by atoms with van der Waals surface area (Å²) >= 11 is 0. The van der Waals surface area contributed by atoms with Crippen LogP contribution in [0.5, 0.6) is 0 Å². The van der Waals surface area contributed by atoms with E-state index in [4.69, 9.17) is 0 Å². The lowest BCUT2D eigenvalue weighted by Gasteiger charge is -2.28. The molecule has 3 nitrogen and oxygen atoms in total. The van der Waals surface area contributed by atoms with E-state index in [9.17, 15) is 9.90 Å². The highest BCUT2D eigenvalue weighted by atomic mass is 16.3. The van der Waals surface area contributed by atoms with Crippen LogP contribution in [0, 0.1) is 5.41 Å². The average molecular weight is 325 g/mol. The van der Waals surface area contributed by atoms with E-state index in [-0.39, 0.29) is 23.3 Å². The molecule has 0 saturated heterocycles. The number of rotatable bonds is 7. The quantitative estimate of drug-likeness (QED) is 0.815. The number of hydrogen-bond donors (Lipinski definition) is 2. The number of nitrogens with one attached hydrogen (secondary N) is 1. The molecule has 0 heterocycles. The SMILES string of the molecule is CC(O)CC(C)(C)CNC(=O)C(c1ccccc1)c1ccccc1. The molecule has 2 aromatic rings. The highest BCUT2D eigenvalue weighted by Gasteiger charge is 2.26. The molecule has 1 amide bonds. The van der Waals surface area contributed by atoms with Crippen LogP contribution in [0.15, 0.2) is 60.7 Å². The number of hydrogen-bond acceptors (Lipinski definition) is 2. The predicted octanol–water partition coefficient (Wildman–Crippen LogP) is 3.73. The van der Waals surface area contributed by atoms with Crippen LogP contribution in [0.2, 0.25) is 0 Å². The summed E-state index contributed by atoms with van der Waals surface area (Å²) in [7, 11) is 0. The first-order valence-corrected chi connectivity index (χ1v) is 8.45. The number of aliphatic hydroxyl groups excluding tert-OH is 1. The molecule has 2 rings (SSSR count). The molecule has 24 heavy (non-hydrogen) atoms. The normalized spacial score (nSPS) is 12.9. The molecular weight excluding hydrogens is 298 g/mol. The third-order valence-corrected chi connectivity index (χ3v) is 4.12. The van der Waals surface area contributed by atoms with Crippen molar-refractivity contribution >= 4 is 5.91 Å². The molecule has 128 valence electrons. The van der Waals surface area contributed by atoms with Crippen LogP contribution in [0.25, 0.3) is 0 Å². The Labute approximate surface area is 144 Å². The fourth-order valence-electron chi connectivity index (χ4n) is 3.09. The zero-order valence-electron chi connectivity index (χ0n) is 14.7. The molecule has 0 aliphatic rings. The Bertz CT molecular complexity index is 596. The van der Waals surface area contributed by atoms with Crippen molar-refractivity contribution < 1.29 is 9.90 Å². The van der Waals surface area contributed by atoms with Gasteiger partial charge in [0.25, 0.3) is 0 Å². The van der Waals surface area contributed by atoms with Gasteiger partial charge in [-0.25, -0.2) is 0 Å². The van der Waals surface area contributed by atoms with E-state index in [1.807, 2.05) is 60.7 Å². The number of carbonyl (C=O) groups excluding carboxylic acids is 1. The summed E-state index contributed by atoms with van der Waals surface area (Å²) in [4.78, 5) is 12.9. The lowest BCUT2D eigenvalue weighted by Crippen LogP contribution is -2.38. The van der Waals surface area contributed by atoms with E-state index >= 15 is 0 Å². The number of aliphatic hydroxyl groups is 1. The highest BCUT2D eigenvalue weighted by molar-refractivity contribution is 5.87. The van der Waals surface area contributed by atoms with Gasteiger partial charge in [-0.15, -0.1) is 0 Å². The summed E-state index contributed by atoms with van der Waals surface area (Å²) in [5.41, 5.74) is 1.81. The fourth-order valence-corrected chi connectivity index (χ4v) is 3.09. The first-order chi connectivity index (χ1) is 11.4. The predicted molar refractivity (Wildman–Crippen MR) is 97.8 cm³/mol. The molecule has 0 fully saturated rings. The second-order valence-electron chi connectivity index (χ2n) is 7.19. The molecule has 2 aromatic carbocycles. The van der Waals surface area contributed by atoms with Crippen molar-refractivity contribution in [1.29, 1.82) is 0 Å². The van der Waals surface area contributed by atoms with Gasteiger partial charge in [0.15, 0.2) is 0 Å². The zero-order chi connectivity index (χ0) is 17.6. The van der Waals surface area contributed by atoms with E-state index in [2.05, 4.69) is 19.2 Å². The minimum Gasteiger partial charge on any atom is -0.393 e. The summed E-state index contributed by atoms with van der Waals surface area (Å²) in [6.45, 7) is 6.42. The van der Waals surface area contributed by atoms with Gasteiger partial charge in [-0.3, -0.25) is 4.79 Å². The van der Waals surface area contributed by atoms with Gasteiger partial charge in [0.2, 0.25) is 5.91 Å². The van der Waals surface area contributed by atoms with E-state index < -0.39 is 0 Å². The van der Waals surface area contributed by atoms with Crippen molar-refractivity contribution in [2.45, 2.75) is 39.2 Å². The van der Waals surface area contributed by atoms with Crippen molar-refractivity contribution in [3.8, 4) is 0 Å². The molecule has 0 aromatic heterocycles. The van der Waals surface area contributed by atoms with Gasteiger partial charge < -0.3 is 10.4 Å². The minimum absolute atomic E-state index is 0.00827. The maximum Gasteiger partial charge on any atom is 0.232 e. The third kappa shape index (κ3) is 5.20. The van der Waals surface area contributed by atoms with E-state index in [1.54, 1.807) is 6.92 Å². The maximum atomic E-state index is 12.9. The molecule has 0 spiro atoms. The summed E-state index contributed by atoms with van der Waals surface area (Å²) in [5, 5.41) is 12.7. The summed E-state index contributed by atoms with van der Waals surface area (Å²) < 4.78 is 0. The highest BCUT2D eigenvalue weighted by Crippen LogP contribution is 2.26. The standard InChI is InChI=1S/C21H27NO2/c1-16(23)14-21(2,3)15-22-20(24)19(17-10-6-4-7-11-17)18-12-8-5-9-13-18/h4-13,16,19,23H,14-15H2,1-3H3,(H,22,24). The van der Waals surface area contributed by atoms with Crippen LogP contribution in [0.3, 0.4) is 0 Å². The summed E-state index contributed by atoms with van der Waals surface area (Å²) in [6, 6.07) is 19.7. The Morgan fingerprint density at radius 1 is 1.00 bits per heavy atom. The van der Waals surface area contributed by atoms with Gasteiger partial charge in [-0.1, -0.05) is 74.5 Å². The second-order valence-corrected chi connectivity index (χ2v) is 7.19. The molecule has 1 unspecified atom stereocenters. The van der Waals surface area contributed by atoms with Gasteiger partial charge in [-0.05, 0) is 29.9 Å². The van der Waals surface area contributed by atoms with Crippen LogP contribution in [0.4, 0.5) is 0 Å². The van der Waals surface area contributed by atoms with Gasteiger partial charge in [-0.2, -0.15) is 0 Å². The fraction of sp³-hybridized carbons (Fsp3) is 0.381. The van der Waals surface area contributed by atoms with Gasteiger partial charge >= 0.3 is 0 Å². The monoisotopic (exact) mass is 325 g/mol. The molecule has 0 radical (unpaired) electrons. The third-order valence-electron chi connectivity index (χ3n) is 4.12. The molecule has 1 atom stereocenters. The van der Waals surface area contributed by atoms with Crippen molar-refractivity contribution in [2.75, 3.05) is 6.54 Å². The summed E-state index contributed by atoms with van der Waals surface area (Å²) in [6.07, 6.45) is 0.269. The Morgan fingerprint density at radius 2 is 1.46 bits per heavy atom. The van der Waals surface area contributed by atoms with E-state index in [1.165, 1.54) is 0 Å². The lowest BCUT2D eigenvalue weighted by atomic mass is 9.86. The van der Waals surface area contributed by atoms with Crippen LogP contribution in [-0.2, 0) is 4.79 Å². The Morgan fingerprint density at radius 3 is 1.88 bits per heavy atom.